The molecule has 1 saturated carbocycles. The van der Waals surface area contributed by atoms with Gasteiger partial charge in [0.2, 0.25) is 5.91 Å². The van der Waals surface area contributed by atoms with E-state index in [0.717, 1.165) is 25.0 Å². The maximum atomic E-state index is 13.0. The Labute approximate surface area is 165 Å². The van der Waals surface area contributed by atoms with Crippen LogP contribution in [-0.4, -0.2) is 15.9 Å². The number of benzene rings is 2. The van der Waals surface area contributed by atoms with Gasteiger partial charge < -0.3 is 10.6 Å². The number of alkyl halides is 3. The van der Waals surface area contributed by atoms with Crippen LogP contribution in [0.15, 0.2) is 60.9 Å². The minimum Gasteiger partial charge on any atom is -0.340 e. The summed E-state index contributed by atoms with van der Waals surface area (Å²) in [6.07, 6.45) is -1.29. The van der Waals surface area contributed by atoms with E-state index in [4.69, 9.17) is 0 Å². The van der Waals surface area contributed by atoms with Crippen molar-refractivity contribution in [2.75, 3.05) is 10.6 Å². The first-order valence-electron chi connectivity index (χ1n) is 9.06. The Hall–Kier alpha value is -3.42. The maximum Gasteiger partial charge on any atom is 0.416 e. The van der Waals surface area contributed by atoms with Crippen molar-refractivity contribution in [3.63, 3.8) is 0 Å². The highest BCUT2D eigenvalue weighted by Gasteiger charge is 2.30. The molecule has 0 atom stereocenters. The quantitative estimate of drug-likeness (QED) is 0.616. The van der Waals surface area contributed by atoms with Gasteiger partial charge in [0.25, 0.3) is 0 Å². The van der Waals surface area contributed by atoms with Crippen LogP contribution < -0.4 is 10.6 Å². The van der Waals surface area contributed by atoms with Crippen molar-refractivity contribution in [1.29, 1.82) is 0 Å². The number of aromatic nitrogens is 2. The number of amides is 1. The first-order valence-corrected chi connectivity index (χ1v) is 9.06. The number of nitrogens with zero attached hydrogens (tertiary/aromatic N) is 2. The Bertz CT molecular complexity index is 1050. The fourth-order valence-corrected chi connectivity index (χ4v) is 2.85. The maximum absolute atomic E-state index is 13.0. The number of carbonyl (C=O) groups excluding carboxylic acids is 1. The van der Waals surface area contributed by atoms with Crippen molar-refractivity contribution in [2.45, 2.75) is 19.0 Å². The minimum absolute atomic E-state index is 0.0102. The number of hydrogen-bond donors (Lipinski definition) is 2. The second kappa shape index (κ2) is 7.54. The molecule has 2 N–H and O–H groups in total. The molecule has 0 aliphatic heterocycles. The monoisotopic (exact) mass is 398 g/mol. The van der Waals surface area contributed by atoms with Crippen molar-refractivity contribution in [3.05, 3.63) is 66.5 Å². The average molecular weight is 398 g/mol. The zero-order chi connectivity index (χ0) is 20.4. The largest absolute Gasteiger partial charge is 0.416 e. The van der Waals surface area contributed by atoms with E-state index >= 15 is 0 Å². The van der Waals surface area contributed by atoms with Crippen molar-refractivity contribution >= 4 is 23.1 Å². The first-order chi connectivity index (χ1) is 13.9. The number of hydrogen-bond acceptors (Lipinski definition) is 4. The first kappa shape index (κ1) is 18.9. The van der Waals surface area contributed by atoms with Crippen LogP contribution in [0.3, 0.4) is 0 Å². The second-order valence-electron chi connectivity index (χ2n) is 6.84. The van der Waals surface area contributed by atoms with Crippen molar-refractivity contribution in [3.8, 4) is 11.3 Å². The smallest absolute Gasteiger partial charge is 0.340 e. The predicted octanol–water partition coefficient (Wildman–Crippen LogP) is 5.25. The molecule has 0 spiro atoms. The molecule has 1 aliphatic rings. The van der Waals surface area contributed by atoms with Gasteiger partial charge in [0, 0.05) is 28.9 Å². The molecule has 29 heavy (non-hydrogen) atoms. The highest BCUT2D eigenvalue weighted by atomic mass is 19.4. The summed E-state index contributed by atoms with van der Waals surface area (Å²) in [5, 5.41) is 5.96. The van der Waals surface area contributed by atoms with E-state index in [2.05, 4.69) is 20.6 Å². The molecule has 3 aromatic rings. The Morgan fingerprint density at radius 1 is 0.966 bits per heavy atom. The normalized spacial score (nSPS) is 13.8. The van der Waals surface area contributed by atoms with Crippen molar-refractivity contribution < 1.29 is 18.0 Å². The van der Waals surface area contributed by atoms with Crippen LogP contribution in [0.25, 0.3) is 11.3 Å². The Morgan fingerprint density at radius 2 is 1.72 bits per heavy atom. The summed E-state index contributed by atoms with van der Waals surface area (Å²) in [7, 11) is 0. The molecule has 8 heteroatoms. The lowest BCUT2D eigenvalue weighted by Crippen LogP contribution is -2.13. The molecule has 1 aliphatic carbocycles. The van der Waals surface area contributed by atoms with E-state index in [9.17, 15) is 18.0 Å². The topological polar surface area (TPSA) is 66.9 Å². The van der Waals surface area contributed by atoms with Crippen LogP contribution >= 0.6 is 0 Å². The number of carbonyl (C=O) groups is 1. The second-order valence-corrected chi connectivity index (χ2v) is 6.84. The summed E-state index contributed by atoms with van der Waals surface area (Å²) in [4.78, 5) is 20.1. The molecule has 0 unspecified atom stereocenters. The minimum atomic E-state index is -4.42. The summed E-state index contributed by atoms with van der Waals surface area (Å²) in [5.41, 5.74) is 1.33. The fourth-order valence-electron chi connectivity index (χ4n) is 2.85. The lowest BCUT2D eigenvalue weighted by atomic mass is 10.1. The van der Waals surface area contributed by atoms with Gasteiger partial charge in [-0.15, -0.1) is 0 Å². The molecular formula is C21H17F3N4O. The lowest BCUT2D eigenvalue weighted by molar-refractivity contribution is -0.137. The summed E-state index contributed by atoms with van der Waals surface area (Å²) >= 11 is 0. The molecule has 5 nitrogen and oxygen atoms in total. The van der Waals surface area contributed by atoms with Crippen LogP contribution in [0, 0.1) is 5.92 Å². The van der Waals surface area contributed by atoms with Crippen LogP contribution in [0.5, 0.6) is 0 Å². The van der Waals surface area contributed by atoms with E-state index in [1.807, 2.05) is 0 Å². The van der Waals surface area contributed by atoms with Gasteiger partial charge >= 0.3 is 6.18 Å². The molecular weight excluding hydrogens is 381 g/mol. The van der Waals surface area contributed by atoms with E-state index in [-0.39, 0.29) is 11.8 Å². The van der Waals surface area contributed by atoms with Gasteiger partial charge in [0.1, 0.15) is 12.1 Å². The van der Waals surface area contributed by atoms with Gasteiger partial charge in [-0.1, -0.05) is 18.2 Å². The van der Waals surface area contributed by atoms with Crippen LogP contribution in [0.1, 0.15) is 18.4 Å². The molecule has 4 rings (SSSR count). The summed E-state index contributed by atoms with van der Waals surface area (Å²) < 4.78 is 38.9. The number of rotatable bonds is 5. The molecule has 0 bridgehead atoms. The lowest BCUT2D eigenvalue weighted by Gasteiger charge is -2.11. The van der Waals surface area contributed by atoms with E-state index < -0.39 is 11.7 Å². The summed E-state index contributed by atoms with van der Waals surface area (Å²) in [6.45, 7) is 0. The highest BCUT2D eigenvalue weighted by Crippen LogP contribution is 2.32. The van der Waals surface area contributed by atoms with Crippen molar-refractivity contribution in [2.24, 2.45) is 5.92 Å². The zero-order valence-corrected chi connectivity index (χ0v) is 15.2. The van der Waals surface area contributed by atoms with Crippen molar-refractivity contribution in [1.82, 2.24) is 9.97 Å². The van der Waals surface area contributed by atoms with Gasteiger partial charge in [-0.3, -0.25) is 4.79 Å². The molecule has 1 aromatic heterocycles. The standard InChI is InChI=1S/C21H17F3N4O/c22-21(23,24)15-4-1-3-14(9-15)18-11-19(26-12-25-18)27-16-5-2-6-17(10-16)28-20(29)13-7-8-13/h1-6,9-13H,7-8H2,(H,28,29)(H,25,26,27). The molecule has 148 valence electrons. The summed E-state index contributed by atoms with van der Waals surface area (Å²) in [6, 6.07) is 13.7. The zero-order valence-electron chi connectivity index (χ0n) is 15.2. The van der Waals surface area contributed by atoms with Crippen LogP contribution in [0.2, 0.25) is 0 Å². The third kappa shape index (κ3) is 4.71. The summed E-state index contributed by atoms with van der Waals surface area (Å²) in [5.74, 6) is 0.539. The fraction of sp³-hybridized carbons (Fsp3) is 0.190. The molecule has 2 aromatic carbocycles. The Morgan fingerprint density at radius 3 is 2.48 bits per heavy atom. The van der Waals surface area contributed by atoms with Gasteiger partial charge in [-0.05, 0) is 43.2 Å². The van der Waals surface area contributed by atoms with E-state index in [0.29, 0.717) is 28.5 Å². The molecule has 0 radical (unpaired) electrons. The number of nitrogens with one attached hydrogen (secondary N) is 2. The number of anilines is 3. The predicted molar refractivity (Wildman–Crippen MR) is 104 cm³/mol. The van der Waals surface area contributed by atoms with Gasteiger partial charge in [-0.25, -0.2) is 9.97 Å². The van der Waals surface area contributed by atoms with Crippen LogP contribution in [0.4, 0.5) is 30.4 Å². The van der Waals surface area contributed by atoms with E-state index in [1.165, 1.54) is 12.4 Å². The third-order valence-electron chi connectivity index (χ3n) is 4.50. The van der Waals surface area contributed by atoms with Gasteiger partial charge in [0.15, 0.2) is 0 Å². The Balaban J connectivity index is 1.53. The molecule has 0 saturated heterocycles. The molecule has 1 fully saturated rings. The average Bonchev–Trinajstić information content (AvgIpc) is 3.53. The van der Waals surface area contributed by atoms with Crippen LogP contribution in [-0.2, 0) is 11.0 Å². The SMILES string of the molecule is O=C(Nc1cccc(Nc2cc(-c3cccc(C(F)(F)F)c3)ncn2)c1)C1CC1. The highest BCUT2D eigenvalue weighted by molar-refractivity contribution is 5.94. The van der Waals surface area contributed by atoms with E-state index in [1.54, 1.807) is 36.4 Å². The molecule has 1 heterocycles. The van der Waals surface area contributed by atoms with Gasteiger partial charge in [-0.2, -0.15) is 13.2 Å². The number of halogens is 3. The third-order valence-corrected chi connectivity index (χ3v) is 4.50. The van der Waals surface area contributed by atoms with Gasteiger partial charge in [0.05, 0.1) is 11.3 Å². The molecule has 1 amide bonds. The Kier molecular flexibility index (Phi) is 4.92.